The van der Waals surface area contributed by atoms with Crippen molar-refractivity contribution in [3.05, 3.63) is 34.4 Å². The Bertz CT molecular complexity index is 883. The molecule has 11 heteroatoms. The number of nitrogens with one attached hydrogen (secondary N) is 3. The largest absolute Gasteiger partial charge is 0.480 e. The average molecular weight is 428 g/mol. The Balaban J connectivity index is 2.27. The minimum Gasteiger partial charge on any atom is -0.480 e. The molecule has 1 unspecified atom stereocenters. The van der Waals surface area contributed by atoms with Crippen LogP contribution < -0.4 is 21.1 Å². The van der Waals surface area contributed by atoms with Crippen molar-refractivity contribution in [2.75, 3.05) is 6.54 Å². The lowest BCUT2D eigenvalue weighted by atomic mass is 9.96. The normalized spacial score (nSPS) is 16.6. The summed E-state index contributed by atoms with van der Waals surface area (Å²) in [5, 5.41) is 21.0. The highest BCUT2D eigenvalue weighted by molar-refractivity contribution is 6.01. The molecule has 0 spiro atoms. The third-order valence-electron chi connectivity index (χ3n) is 4.42. The molecule has 30 heavy (non-hydrogen) atoms. The van der Waals surface area contributed by atoms with E-state index in [1.54, 1.807) is 26.0 Å². The number of carbonyl (C=O) groups is 2. The van der Waals surface area contributed by atoms with Crippen LogP contribution in [0.5, 0.6) is 5.75 Å². The first-order valence-electron chi connectivity index (χ1n) is 9.08. The monoisotopic (exact) mass is 428 g/mol. The van der Waals surface area contributed by atoms with Gasteiger partial charge < -0.3 is 26.2 Å². The van der Waals surface area contributed by atoms with Gasteiger partial charge in [0.25, 0.3) is 5.91 Å². The molecule has 0 saturated carbocycles. The summed E-state index contributed by atoms with van der Waals surface area (Å²) in [6, 6.07) is 1.84. The number of carboxylic acids is 1. The topological polar surface area (TPSA) is 138 Å². The molecular weight excluding hydrogens is 405 g/mol. The fourth-order valence-electron chi connectivity index (χ4n) is 3.14. The van der Waals surface area contributed by atoms with Crippen LogP contribution in [0.15, 0.2) is 17.7 Å². The van der Waals surface area contributed by atoms with Gasteiger partial charge in [0, 0.05) is 12.1 Å². The second kappa shape index (κ2) is 9.06. The molecule has 6 N–H and O–H groups in total. The lowest BCUT2D eigenvalue weighted by Gasteiger charge is -2.30. The molecule has 1 heterocycles. The van der Waals surface area contributed by atoms with E-state index in [2.05, 4.69) is 10.6 Å². The van der Waals surface area contributed by atoms with Gasteiger partial charge in [0.2, 0.25) is 6.10 Å². The van der Waals surface area contributed by atoms with E-state index in [1.165, 1.54) is 0 Å². The summed E-state index contributed by atoms with van der Waals surface area (Å²) >= 11 is 0. The zero-order chi connectivity index (χ0) is 22.6. The number of halogens is 3. The second-order valence-corrected chi connectivity index (χ2v) is 6.99. The van der Waals surface area contributed by atoms with E-state index in [-0.39, 0.29) is 31.1 Å². The molecule has 2 rings (SSSR count). The van der Waals surface area contributed by atoms with E-state index in [0.717, 1.165) is 11.6 Å². The fraction of sp³-hybridized carbons (Fsp3) is 0.421. The van der Waals surface area contributed by atoms with Gasteiger partial charge in [-0.3, -0.25) is 10.2 Å². The maximum atomic E-state index is 13.6. The Hall–Kier alpha value is -3.24. The lowest BCUT2D eigenvalue weighted by molar-refractivity contribution is -0.185. The number of nitrogens with two attached hydrogens (primary N) is 1. The second-order valence-electron chi connectivity index (χ2n) is 6.99. The molecule has 1 aromatic carbocycles. The van der Waals surface area contributed by atoms with Crippen molar-refractivity contribution in [3.8, 4) is 5.75 Å². The molecule has 1 aliphatic heterocycles. The number of amides is 1. The molecule has 0 aromatic heterocycles. The van der Waals surface area contributed by atoms with E-state index in [1.807, 2.05) is 0 Å². The molecule has 8 nitrogen and oxygen atoms in total. The molecule has 1 aromatic rings. The molecule has 2 atom stereocenters. The highest BCUT2D eigenvalue weighted by Crippen LogP contribution is 2.39. The van der Waals surface area contributed by atoms with Gasteiger partial charge in [0.15, 0.2) is 5.96 Å². The number of benzene rings is 1. The van der Waals surface area contributed by atoms with Crippen molar-refractivity contribution in [1.82, 2.24) is 10.6 Å². The van der Waals surface area contributed by atoms with E-state index < -0.39 is 35.8 Å². The summed E-state index contributed by atoms with van der Waals surface area (Å²) < 4.78 is 45.9. The zero-order valence-corrected chi connectivity index (χ0v) is 16.4. The van der Waals surface area contributed by atoms with Crippen LogP contribution in [0.1, 0.15) is 29.5 Å². The summed E-state index contributed by atoms with van der Waals surface area (Å²) in [5.41, 5.74) is 5.99. The van der Waals surface area contributed by atoms with Gasteiger partial charge in [-0.15, -0.1) is 0 Å². The van der Waals surface area contributed by atoms with Crippen LogP contribution in [0.2, 0.25) is 0 Å². The first kappa shape index (κ1) is 23.0. The van der Waals surface area contributed by atoms with Gasteiger partial charge in [0.05, 0.1) is 5.57 Å². The summed E-state index contributed by atoms with van der Waals surface area (Å²) in [6.07, 6.45) is -6.15. The first-order valence-corrected chi connectivity index (χ1v) is 9.08. The number of rotatable bonds is 7. The number of alkyl halides is 3. The number of carboxylic acid groups (broad SMARTS) is 1. The van der Waals surface area contributed by atoms with Crippen LogP contribution >= 0.6 is 0 Å². The molecular formula is C19H23F3N4O4. The van der Waals surface area contributed by atoms with Crippen LogP contribution in [-0.2, 0) is 9.59 Å². The van der Waals surface area contributed by atoms with Crippen molar-refractivity contribution >= 4 is 23.9 Å². The van der Waals surface area contributed by atoms with Crippen LogP contribution in [0, 0.1) is 19.3 Å². The number of hydrogen-bond donors (Lipinski definition) is 5. The average Bonchev–Trinajstić information content (AvgIpc) is 2.61. The molecule has 0 saturated heterocycles. The van der Waals surface area contributed by atoms with E-state index in [9.17, 15) is 27.9 Å². The minimum absolute atomic E-state index is 0.0320. The smallest absolute Gasteiger partial charge is 0.429 e. The van der Waals surface area contributed by atoms with Crippen molar-refractivity contribution in [3.63, 3.8) is 0 Å². The SMILES string of the molecule is Cc1cc(C)c2c(c1)C=C(C(=O)NC(CCCNC(=N)N)C(=O)O)[C@@H](C(F)(F)F)O2. The summed E-state index contributed by atoms with van der Waals surface area (Å²) in [6.45, 7) is 3.54. The molecule has 1 aliphatic rings. The van der Waals surface area contributed by atoms with Gasteiger partial charge in [0.1, 0.15) is 11.8 Å². The van der Waals surface area contributed by atoms with E-state index in [0.29, 0.717) is 11.1 Å². The van der Waals surface area contributed by atoms with Crippen molar-refractivity contribution in [2.45, 2.75) is 45.0 Å². The highest BCUT2D eigenvalue weighted by atomic mass is 19.4. The Morgan fingerprint density at radius 2 is 2.00 bits per heavy atom. The van der Waals surface area contributed by atoms with Crippen LogP contribution in [0.4, 0.5) is 13.2 Å². The van der Waals surface area contributed by atoms with Gasteiger partial charge in [-0.25, -0.2) is 4.79 Å². The Kier molecular flexibility index (Phi) is 6.96. The molecule has 0 aliphatic carbocycles. The summed E-state index contributed by atoms with van der Waals surface area (Å²) in [4.78, 5) is 24.0. The Morgan fingerprint density at radius 3 is 2.57 bits per heavy atom. The number of ether oxygens (including phenoxy) is 1. The minimum atomic E-state index is -4.87. The molecule has 0 fully saturated rings. The highest BCUT2D eigenvalue weighted by Gasteiger charge is 2.48. The molecule has 0 radical (unpaired) electrons. The number of hydrogen-bond acceptors (Lipinski definition) is 4. The van der Waals surface area contributed by atoms with E-state index >= 15 is 0 Å². The number of guanidine groups is 1. The summed E-state index contributed by atoms with van der Waals surface area (Å²) in [5.74, 6) is -2.83. The number of aliphatic carboxylic acids is 1. The maximum Gasteiger partial charge on any atom is 0.429 e. The lowest BCUT2D eigenvalue weighted by Crippen LogP contribution is -2.48. The van der Waals surface area contributed by atoms with Crippen LogP contribution in [-0.4, -0.2) is 47.8 Å². The molecule has 164 valence electrons. The quantitative estimate of drug-likeness (QED) is 0.255. The van der Waals surface area contributed by atoms with Gasteiger partial charge in [-0.1, -0.05) is 11.6 Å². The number of carbonyl (C=O) groups excluding carboxylic acids is 1. The van der Waals surface area contributed by atoms with Crippen molar-refractivity contribution in [2.24, 2.45) is 5.73 Å². The third-order valence-corrected chi connectivity index (χ3v) is 4.42. The number of aryl methyl sites for hydroxylation is 2. The predicted molar refractivity (Wildman–Crippen MR) is 103 cm³/mol. The fourth-order valence-corrected chi connectivity index (χ4v) is 3.14. The maximum absolute atomic E-state index is 13.6. The van der Waals surface area contributed by atoms with E-state index in [4.69, 9.17) is 15.9 Å². The van der Waals surface area contributed by atoms with Crippen LogP contribution in [0.25, 0.3) is 6.08 Å². The first-order chi connectivity index (χ1) is 13.9. The summed E-state index contributed by atoms with van der Waals surface area (Å²) in [7, 11) is 0. The van der Waals surface area contributed by atoms with Crippen molar-refractivity contribution in [1.29, 1.82) is 5.41 Å². The Morgan fingerprint density at radius 1 is 1.33 bits per heavy atom. The van der Waals surface area contributed by atoms with Crippen LogP contribution in [0.3, 0.4) is 0 Å². The standard InChI is InChI=1S/C19H23F3N4O4/c1-9-6-10(2)14-11(7-9)8-12(15(30-14)19(20,21)22)16(27)26-13(17(28)29)4-3-5-25-18(23)24/h6-8,13,15H,3-5H2,1-2H3,(H,26,27)(H,28,29)(H4,23,24,25)/t13?,15-/m0/s1. The number of fused-ring (bicyclic) bond motifs is 1. The zero-order valence-electron chi connectivity index (χ0n) is 16.4. The van der Waals surface area contributed by atoms with Crippen molar-refractivity contribution < 1.29 is 32.6 Å². The van der Waals surface area contributed by atoms with Gasteiger partial charge >= 0.3 is 12.1 Å². The Labute approximate surface area is 170 Å². The molecule has 1 amide bonds. The molecule has 0 bridgehead atoms. The van der Waals surface area contributed by atoms with Gasteiger partial charge in [-0.2, -0.15) is 13.2 Å². The van der Waals surface area contributed by atoms with Gasteiger partial charge in [-0.05, 0) is 44.4 Å². The third kappa shape index (κ3) is 5.65. The predicted octanol–water partition coefficient (Wildman–Crippen LogP) is 1.84.